The summed E-state index contributed by atoms with van der Waals surface area (Å²) in [6, 6.07) is 6.86. The molecule has 4 nitrogen and oxygen atoms in total. The summed E-state index contributed by atoms with van der Waals surface area (Å²) in [5, 5.41) is 14.1. The second-order valence-electron chi connectivity index (χ2n) is 5.01. The molecule has 0 bridgehead atoms. The van der Waals surface area contributed by atoms with Crippen molar-refractivity contribution in [3.8, 4) is 0 Å². The van der Waals surface area contributed by atoms with Crippen LogP contribution in [0.1, 0.15) is 32.8 Å². The fourth-order valence-corrected chi connectivity index (χ4v) is 1.50. The molecular formula is C13H20N2O2. The monoisotopic (exact) mass is 236 g/mol. The Morgan fingerprint density at radius 3 is 2.59 bits per heavy atom. The highest BCUT2D eigenvalue weighted by Gasteiger charge is 2.16. The number of para-hydroxylation sites is 1. The van der Waals surface area contributed by atoms with E-state index >= 15 is 0 Å². The molecule has 1 aromatic carbocycles. The van der Waals surface area contributed by atoms with Crippen molar-refractivity contribution in [2.45, 2.75) is 33.7 Å². The van der Waals surface area contributed by atoms with Gasteiger partial charge >= 0.3 is 0 Å². The van der Waals surface area contributed by atoms with Crippen molar-refractivity contribution >= 4 is 5.69 Å². The summed E-state index contributed by atoms with van der Waals surface area (Å²) >= 11 is 0. The van der Waals surface area contributed by atoms with Crippen molar-refractivity contribution in [2.24, 2.45) is 5.41 Å². The molecule has 0 atom stereocenters. The van der Waals surface area contributed by atoms with Crippen molar-refractivity contribution in [3.05, 3.63) is 39.9 Å². The SMILES string of the molecule is CCC(C)(C)CNCc1ccccc1[N+](=O)[O-]. The number of nitro benzene ring substituents is 1. The fourth-order valence-electron chi connectivity index (χ4n) is 1.50. The van der Waals surface area contributed by atoms with E-state index in [1.165, 1.54) is 0 Å². The Hall–Kier alpha value is -1.42. The lowest BCUT2D eigenvalue weighted by Crippen LogP contribution is -2.28. The lowest BCUT2D eigenvalue weighted by Gasteiger charge is -2.22. The zero-order valence-corrected chi connectivity index (χ0v) is 10.7. The summed E-state index contributed by atoms with van der Waals surface area (Å²) in [7, 11) is 0. The van der Waals surface area contributed by atoms with E-state index in [1.807, 2.05) is 6.07 Å². The predicted octanol–water partition coefficient (Wildman–Crippen LogP) is 3.12. The minimum Gasteiger partial charge on any atom is -0.312 e. The van der Waals surface area contributed by atoms with Crippen molar-refractivity contribution in [3.63, 3.8) is 0 Å². The molecule has 0 radical (unpaired) electrons. The van der Waals surface area contributed by atoms with E-state index in [0.717, 1.165) is 18.5 Å². The summed E-state index contributed by atoms with van der Waals surface area (Å²) in [5.41, 5.74) is 1.16. The third-order valence-electron chi connectivity index (χ3n) is 3.06. The van der Waals surface area contributed by atoms with Crippen LogP contribution in [-0.2, 0) is 6.54 Å². The lowest BCUT2D eigenvalue weighted by molar-refractivity contribution is -0.385. The predicted molar refractivity (Wildman–Crippen MR) is 68.9 cm³/mol. The molecule has 0 fully saturated rings. The standard InChI is InChI=1S/C13H20N2O2/c1-4-13(2,3)10-14-9-11-7-5-6-8-12(11)15(16)17/h5-8,14H,4,9-10H2,1-3H3. The molecule has 0 heterocycles. The molecule has 0 aromatic heterocycles. The molecule has 0 aliphatic carbocycles. The highest BCUT2D eigenvalue weighted by Crippen LogP contribution is 2.20. The van der Waals surface area contributed by atoms with E-state index in [-0.39, 0.29) is 16.0 Å². The Labute approximate surface area is 102 Å². The minimum atomic E-state index is -0.331. The van der Waals surface area contributed by atoms with Gasteiger partial charge in [0, 0.05) is 24.7 Å². The first kappa shape index (κ1) is 13.6. The first-order chi connectivity index (χ1) is 7.96. The topological polar surface area (TPSA) is 55.2 Å². The van der Waals surface area contributed by atoms with Crippen LogP contribution in [0.25, 0.3) is 0 Å². The first-order valence-electron chi connectivity index (χ1n) is 5.89. The van der Waals surface area contributed by atoms with Crippen LogP contribution in [0.2, 0.25) is 0 Å². The molecule has 1 aromatic rings. The summed E-state index contributed by atoms with van der Waals surface area (Å²) in [6.07, 6.45) is 1.08. The van der Waals surface area contributed by atoms with Crippen LogP contribution in [0, 0.1) is 15.5 Å². The van der Waals surface area contributed by atoms with Crippen molar-refractivity contribution in [1.82, 2.24) is 5.32 Å². The van der Waals surface area contributed by atoms with Crippen LogP contribution in [-0.4, -0.2) is 11.5 Å². The van der Waals surface area contributed by atoms with Gasteiger partial charge in [0.1, 0.15) is 0 Å². The maximum atomic E-state index is 10.8. The van der Waals surface area contributed by atoms with Crippen LogP contribution in [0.4, 0.5) is 5.69 Å². The van der Waals surface area contributed by atoms with Gasteiger partial charge in [-0.15, -0.1) is 0 Å². The van der Waals surface area contributed by atoms with Gasteiger partial charge in [-0.1, -0.05) is 39.0 Å². The number of hydrogen-bond donors (Lipinski definition) is 1. The van der Waals surface area contributed by atoms with E-state index < -0.39 is 0 Å². The van der Waals surface area contributed by atoms with Gasteiger partial charge in [0.15, 0.2) is 0 Å². The normalized spacial score (nSPS) is 11.5. The smallest absolute Gasteiger partial charge is 0.273 e. The number of nitro groups is 1. The quantitative estimate of drug-likeness (QED) is 0.610. The third-order valence-corrected chi connectivity index (χ3v) is 3.06. The van der Waals surface area contributed by atoms with Gasteiger partial charge in [-0.25, -0.2) is 0 Å². The van der Waals surface area contributed by atoms with Crippen LogP contribution >= 0.6 is 0 Å². The molecule has 4 heteroatoms. The van der Waals surface area contributed by atoms with Gasteiger partial charge < -0.3 is 5.32 Å². The van der Waals surface area contributed by atoms with E-state index in [2.05, 4.69) is 26.1 Å². The van der Waals surface area contributed by atoms with Crippen molar-refractivity contribution in [1.29, 1.82) is 0 Å². The van der Waals surface area contributed by atoms with Gasteiger partial charge in [-0.3, -0.25) is 10.1 Å². The first-order valence-corrected chi connectivity index (χ1v) is 5.89. The average molecular weight is 236 g/mol. The molecular weight excluding hydrogens is 216 g/mol. The van der Waals surface area contributed by atoms with Crippen molar-refractivity contribution < 1.29 is 4.92 Å². The molecule has 0 aliphatic heterocycles. The van der Waals surface area contributed by atoms with Crippen LogP contribution in [0.5, 0.6) is 0 Å². The summed E-state index contributed by atoms with van der Waals surface area (Å²) in [6.45, 7) is 7.90. The molecule has 0 amide bonds. The van der Waals surface area contributed by atoms with E-state index in [9.17, 15) is 10.1 Å². The second kappa shape index (κ2) is 5.77. The number of benzene rings is 1. The molecule has 0 spiro atoms. The zero-order valence-electron chi connectivity index (χ0n) is 10.7. The Balaban J connectivity index is 2.61. The van der Waals surface area contributed by atoms with Crippen LogP contribution in [0.15, 0.2) is 24.3 Å². The fraction of sp³-hybridized carbons (Fsp3) is 0.538. The molecule has 0 unspecified atom stereocenters. The van der Waals surface area contributed by atoms with Gasteiger partial charge in [0.25, 0.3) is 5.69 Å². The van der Waals surface area contributed by atoms with Gasteiger partial charge in [-0.05, 0) is 11.8 Å². The maximum absolute atomic E-state index is 10.8. The maximum Gasteiger partial charge on any atom is 0.273 e. The summed E-state index contributed by atoms with van der Waals surface area (Å²) in [5.74, 6) is 0. The lowest BCUT2D eigenvalue weighted by atomic mass is 9.90. The summed E-state index contributed by atoms with van der Waals surface area (Å²) < 4.78 is 0. The zero-order chi connectivity index (χ0) is 12.9. The van der Waals surface area contributed by atoms with Crippen LogP contribution in [0.3, 0.4) is 0 Å². The second-order valence-corrected chi connectivity index (χ2v) is 5.01. The molecule has 0 aliphatic rings. The van der Waals surface area contributed by atoms with Crippen LogP contribution < -0.4 is 5.32 Å². The molecule has 17 heavy (non-hydrogen) atoms. The molecule has 94 valence electrons. The third kappa shape index (κ3) is 4.15. The highest BCUT2D eigenvalue weighted by molar-refractivity contribution is 5.39. The molecule has 1 N–H and O–H groups in total. The molecule has 0 saturated heterocycles. The van der Waals surface area contributed by atoms with E-state index in [1.54, 1.807) is 18.2 Å². The Morgan fingerprint density at radius 2 is 2.00 bits per heavy atom. The summed E-state index contributed by atoms with van der Waals surface area (Å²) in [4.78, 5) is 10.5. The van der Waals surface area contributed by atoms with Crippen molar-refractivity contribution in [2.75, 3.05) is 6.54 Å². The molecule has 1 rings (SSSR count). The number of nitrogens with zero attached hydrogens (tertiary/aromatic N) is 1. The van der Waals surface area contributed by atoms with E-state index in [0.29, 0.717) is 6.54 Å². The Bertz CT molecular complexity index is 389. The minimum absolute atomic E-state index is 0.189. The van der Waals surface area contributed by atoms with Gasteiger partial charge in [-0.2, -0.15) is 0 Å². The number of nitrogens with one attached hydrogen (secondary N) is 1. The molecule has 0 saturated carbocycles. The van der Waals surface area contributed by atoms with Gasteiger partial charge in [0.2, 0.25) is 0 Å². The Morgan fingerprint density at radius 1 is 1.35 bits per heavy atom. The Kier molecular flexibility index (Phi) is 4.63. The largest absolute Gasteiger partial charge is 0.312 e. The van der Waals surface area contributed by atoms with E-state index in [4.69, 9.17) is 0 Å². The average Bonchev–Trinajstić information content (AvgIpc) is 2.29. The highest BCUT2D eigenvalue weighted by atomic mass is 16.6. The number of rotatable bonds is 6. The van der Waals surface area contributed by atoms with Gasteiger partial charge in [0.05, 0.1) is 4.92 Å². The number of hydrogen-bond acceptors (Lipinski definition) is 3.